The fourth-order valence-electron chi connectivity index (χ4n) is 3.23. The summed E-state index contributed by atoms with van der Waals surface area (Å²) in [5, 5.41) is 8.48. The largest absolute Gasteiger partial charge is 0.439 e. The summed E-state index contributed by atoms with van der Waals surface area (Å²) < 4.78 is 7.62. The summed E-state index contributed by atoms with van der Waals surface area (Å²) in [4.78, 5) is 18.7. The van der Waals surface area contributed by atoms with Crippen molar-refractivity contribution in [2.75, 3.05) is 13.1 Å². The number of benzene rings is 1. The fraction of sp³-hybridized carbons (Fsp3) is 0.300. The van der Waals surface area contributed by atoms with Gasteiger partial charge < -0.3 is 9.64 Å². The van der Waals surface area contributed by atoms with Crippen LogP contribution < -0.4 is 4.74 Å². The van der Waals surface area contributed by atoms with E-state index in [9.17, 15) is 4.79 Å². The maximum absolute atomic E-state index is 12.7. The quantitative estimate of drug-likeness (QED) is 0.698. The number of ether oxygens (including phenoxy) is 1. The van der Waals surface area contributed by atoms with Crippen LogP contribution in [-0.4, -0.2) is 43.9 Å². The van der Waals surface area contributed by atoms with Crippen LogP contribution in [0.15, 0.2) is 54.9 Å². The molecule has 1 saturated carbocycles. The van der Waals surface area contributed by atoms with Crippen LogP contribution in [0.1, 0.15) is 40.9 Å². The maximum Gasteiger partial charge on any atom is 0.254 e. The molecule has 7 nitrogen and oxygen atoms in total. The highest BCUT2D eigenvalue weighted by molar-refractivity contribution is 5.95. The normalized spacial score (nSPS) is 16.8. The molecule has 1 aliphatic heterocycles. The molecular formula is C20H19N5O2. The van der Waals surface area contributed by atoms with Gasteiger partial charge in [0.15, 0.2) is 0 Å². The number of aromatic nitrogens is 4. The van der Waals surface area contributed by atoms with Crippen LogP contribution in [0.5, 0.6) is 11.6 Å². The van der Waals surface area contributed by atoms with Crippen LogP contribution in [0, 0.1) is 0 Å². The van der Waals surface area contributed by atoms with Crippen LogP contribution in [-0.2, 0) is 0 Å². The fourth-order valence-corrected chi connectivity index (χ4v) is 3.23. The van der Waals surface area contributed by atoms with Crippen molar-refractivity contribution in [2.45, 2.75) is 24.8 Å². The molecule has 1 saturated heterocycles. The van der Waals surface area contributed by atoms with Gasteiger partial charge in [0, 0.05) is 43.0 Å². The van der Waals surface area contributed by atoms with E-state index in [2.05, 4.69) is 15.3 Å². The topological polar surface area (TPSA) is 73.1 Å². The molecule has 1 amide bonds. The average molecular weight is 361 g/mol. The number of hydrogen-bond donors (Lipinski definition) is 0. The van der Waals surface area contributed by atoms with Crippen molar-refractivity contribution >= 4 is 5.91 Å². The zero-order chi connectivity index (χ0) is 18.2. The van der Waals surface area contributed by atoms with Crippen molar-refractivity contribution in [2.24, 2.45) is 0 Å². The summed E-state index contributed by atoms with van der Waals surface area (Å²) in [6.45, 7) is 1.30. The predicted octanol–water partition coefficient (Wildman–Crippen LogP) is 3.04. The van der Waals surface area contributed by atoms with Gasteiger partial charge in [0.05, 0.1) is 11.7 Å². The van der Waals surface area contributed by atoms with Gasteiger partial charge in [0.1, 0.15) is 5.75 Å². The Balaban J connectivity index is 1.23. The number of rotatable bonds is 5. The number of likely N-dealkylation sites (tertiary alicyclic amines) is 1. The summed E-state index contributed by atoms with van der Waals surface area (Å²) in [7, 11) is 0. The van der Waals surface area contributed by atoms with Gasteiger partial charge in [0.25, 0.3) is 5.91 Å². The summed E-state index contributed by atoms with van der Waals surface area (Å²) >= 11 is 0. The molecule has 2 aromatic heterocycles. The lowest BCUT2D eigenvalue weighted by Gasteiger charge is -2.38. The van der Waals surface area contributed by atoms with Crippen molar-refractivity contribution in [3.63, 3.8) is 0 Å². The molecule has 0 radical (unpaired) electrons. The van der Waals surface area contributed by atoms with E-state index in [-0.39, 0.29) is 11.9 Å². The molecule has 7 heteroatoms. The smallest absolute Gasteiger partial charge is 0.254 e. The zero-order valence-corrected chi connectivity index (χ0v) is 14.7. The number of nitrogens with zero attached hydrogens (tertiary/aromatic N) is 5. The van der Waals surface area contributed by atoms with E-state index in [0.29, 0.717) is 36.2 Å². The Labute approximate surface area is 156 Å². The van der Waals surface area contributed by atoms with E-state index in [1.54, 1.807) is 18.3 Å². The number of pyridine rings is 1. The Morgan fingerprint density at radius 2 is 2.00 bits per heavy atom. The molecule has 27 heavy (non-hydrogen) atoms. The summed E-state index contributed by atoms with van der Waals surface area (Å²) in [6.07, 6.45) is 6.13. The molecule has 0 N–H and O–H groups in total. The number of carbonyl (C=O) groups is 1. The second-order valence-electron chi connectivity index (χ2n) is 7.06. The van der Waals surface area contributed by atoms with Crippen LogP contribution in [0.25, 0.3) is 0 Å². The standard InChI is InChI=1S/C20H19N5O2/c26-20(15-4-3-5-17(10-15)27-19-6-1-2-9-21-19)24-11-16(12-24)25-13-18(22-23-25)14-7-8-14/h1-6,9-10,13-14,16H,7-8,11-12H2. The van der Waals surface area contributed by atoms with E-state index >= 15 is 0 Å². The first-order valence-corrected chi connectivity index (χ1v) is 9.16. The van der Waals surface area contributed by atoms with E-state index in [4.69, 9.17) is 4.74 Å². The Kier molecular flexibility index (Phi) is 3.85. The zero-order valence-electron chi connectivity index (χ0n) is 14.7. The molecule has 3 heterocycles. The Hall–Kier alpha value is -3.22. The SMILES string of the molecule is O=C(c1cccc(Oc2ccccn2)c1)N1CC(n2cc(C3CC3)nn2)C1. The molecule has 0 spiro atoms. The van der Waals surface area contributed by atoms with Crippen LogP contribution >= 0.6 is 0 Å². The van der Waals surface area contributed by atoms with Gasteiger partial charge in [-0.05, 0) is 37.1 Å². The summed E-state index contributed by atoms with van der Waals surface area (Å²) in [5.41, 5.74) is 1.69. The van der Waals surface area contributed by atoms with Crippen molar-refractivity contribution in [3.05, 3.63) is 66.1 Å². The lowest BCUT2D eigenvalue weighted by molar-refractivity contribution is 0.0498. The third-order valence-electron chi connectivity index (χ3n) is 4.99. The van der Waals surface area contributed by atoms with Crippen molar-refractivity contribution in [1.29, 1.82) is 0 Å². The lowest BCUT2D eigenvalue weighted by Crippen LogP contribution is -2.50. The highest BCUT2D eigenvalue weighted by Gasteiger charge is 2.34. The first kappa shape index (κ1) is 16.0. The van der Waals surface area contributed by atoms with Crippen molar-refractivity contribution < 1.29 is 9.53 Å². The van der Waals surface area contributed by atoms with Crippen molar-refractivity contribution in [3.8, 4) is 11.6 Å². The monoisotopic (exact) mass is 361 g/mol. The minimum Gasteiger partial charge on any atom is -0.439 e. The number of amides is 1. The van der Waals surface area contributed by atoms with E-state index in [1.807, 2.05) is 46.1 Å². The molecule has 3 aromatic rings. The summed E-state index contributed by atoms with van der Waals surface area (Å²) in [6, 6.07) is 12.9. The molecule has 0 atom stereocenters. The molecule has 1 aliphatic carbocycles. The third kappa shape index (κ3) is 3.28. The minimum atomic E-state index is 0.000234. The Bertz CT molecular complexity index is 961. The van der Waals surface area contributed by atoms with Gasteiger partial charge in [0.2, 0.25) is 5.88 Å². The van der Waals surface area contributed by atoms with Crippen molar-refractivity contribution in [1.82, 2.24) is 24.9 Å². The molecule has 2 fully saturated rings. The first-order valence-electron chi connectivity index (χ1n) is 9.16. The lowest BCUT2D eigenvalue weighted by atomic mass is 10.1. The van der Waals surface area contributed by atoms with Crippen LogP contribution in [0.4, 0.5) is 0 Å². The van der Waals surface area contributed by atoms with E-state index in [1.165, 1.54) is 12.8 Å². The number of hydrogen-bond acceptors (Lipinski definition) is 5. The maximum atomic E-state index is 12.7. The van der Waals surface area contributed by atoms with Gasteiger partial charge in [-0.3, -0.25) is 4.79 Å². The van der Waals surface area contributed by atoms with E-state index in [0.717, 1.165) is 5.69 Å². The molecule has 136 valence electrons. The van der Waals surface area contributed by atoms with Gasteiger partial charge >= 0.3 is 0 Å². The van der Waals surface area contributed by atoms with Gasteiger partial charge in [-0.2, -0.15) is 0 Å². The molecule has 2 aliphatic rings. The number of carbonyl (C=O) groups excluding carboxylic acids is 1. The van der Waals surface area contributed by atoms with Gasteiger partial charge in [-0.25, -0.2) is 9.67 Å². The van der Waals surface area contributed by atoms with E-state index < -0.39 is 0 Å². The van der Waals surface area contributed by atoms with Crippen LogP contribution in [0.2, 0.25) is 0 Å². The molecule has 5 rings (SSSR count). The highest BCUT2D eigenvalue weighted by atomic mass is 16.5. The van der Waals surface area contributed by atoms with Gasteiger partial charge in [-0.1, -0.05) is 17.3 Å². The predicted molar refractivity (Wildman–Crippen MR) is 97.7 cm³/mol. The Morgan fingerprint density at radius 3 is 2.78 bits per heavy atom. The first-order chi connectivity index (χ1) is 13.3. The second-order valence-corrected chi connectivity index (χ2v) is 7.06. The minimum absolute atomic E-state index is 0.000234. The highest BCUT2D eigenvalue weighted by Crippen LogP contribution is 2.39. The molecule has 1 aromatic carbocycles. The molecule has 0 bridgehead atoms. The average Bonchev–Trinajstić information content (AvgIpc) is 3.40. The molecule has 0 unspecified atom stereocenters. The molecular weight excluding hydrogens is 342 g/mol. The van der Waals surface area contributed by atoms with Crippen LogP contribution in [0.3, 0.4) is 0 Å². The second kappa shape index (κ2) is 6.50. The Morgan fingerprint density at radius 1 is 1.11 bits per heavy atom. The third-order valence-corrected chi connectivity index (χ3v) is 4.99. The van der Waals surface area contributed by atoms with Gasteiger partial charge in [-0.15, -0.1) is 5.10 Å². The summed E-state index contributed by atoms with van der Waals surface area (Å²) in [5.74, 6) is 1.70.